The molecule has 0 saturated carbocycles. The van der Waals surface area contributed by atoms with Gasteiger partial charge in [-0.1, -0.05) is 17.7 Å². The molecule has 0 aliphatic heterocycles. The lowest BCUT2D eigenvalue weighted by Crippen LogP contribution is -2.25. The second-order valence-electron chi connectivity index (χ2n) is 4.89. The number of nitrogens with one attached hydrogen (secondary N) is 1. The van der Waals surface area contributed by atoms with Crippen LogP contribution < -0.4 is 11.2 Å². The lowest BCUT2D eigenvalue weighted by molar-refractivity contribution is 0.588. The molecule has 0 amide bonds. The van der Waals surface area contributed by atoms with Gasteiger partial charge < -0.3 is 10.3 Å². The van der Waals surface area contributed by atoms with Crippen LogP contribution in [0.3, 0.4) is 0 Å². The van der Waals surface area contributed by atoms with E-state index in [0.717, 1.165) is 9.54 Å². The molecule has 3 aromatic rings. The molecule has 0 atom stereocenters. The largest absolute Gasteiger partial charge is 0.314 e. The van der Waals surface area contributed by atoms with E-state index in [-0.39, 0.29) is 22.7 Å². The van der Waals surface area contributed by atoms with Crippen LogP contribution in [-0.4, -0.2) is 21.9 Å². The van der Waals surface area contributed by atoms with E-state index in [2.05, 4.69) is 4.98 Å². The molecule has 22 heavy (non-hydrogen) atoms. The lowest BCUT2D eigenvalue weighted by Gasteiger charge is -2.09. The molecule has 0 saturated heterocycles. The Morgan fingerprint density at radius 3 is 2.55 bits per heavy atom. The molecule has 3 rings (SSSR count). The Bertz CT molecular complexity index is 1000. The summed E-state index contributed by atoms with van der Waals surface area (Å²) >= 11 is 0. The van der Waals surface area contributed by atoms with Crippen LogP contribution in [0, 0.1) is 12.3 Å². The van der Waals surface area contributed by atoms with E-state index in [0.29, 0.717) is 5.52 Å². The first-order chi connectivity index (χ1) is 10.4. The Labute approximate surface area is 127 Å². The number of hydrogen-bond donors (Lipinski definition) is 2. The van der Waals surface area contributed by atoms with Crippen LogP contribution in [-0.2, 0) is 16.7 Å². The van der Waals surface area contributed by atoms with Gasteiger partial charge in [-0.15, -0.1) is 0 Å². The zero-order valence-corrected chi connectivity index (χ0v) is 12.7. The SMILES string of the molecule is Cc1ccc(S(=O)(=O)n2ccc3c2ncc(=N)n3CN)cc1. The van der Waals surface area contributed by atoms with Gasteiger partial charge in [0.2, 0.25) is 0 Å². The summed E-state index contributed by atoms with van der Waals surface area (Å²) in [5.41, 5.74) is 7.48. The van der Waals surface area contributed by atoms with Gasteiger partial charge >= 0.3 is 0 Å². The van der Waals surface area contributed by atoms with E-state index in [4.69, 9.17) is 11.1 Å². The van der Waals surface area contributed by atoms with Crippen molar-refractivity contribution in [1.29, 1.82) is 5.41 Å². The highest BCUT2D eigenvalue weighted by molar-refractivity contribution is 7.90. The zero-order valence-electron chi connectivity index (χ0n) is 11.9. The van der Waals surface area contributed by atoms with Crippen molar-refractivity contribution in [2.24, 2.45) is 5.73 Å². The molecule has 2 heterocycles. The Morgan fingerprint density at radius 2 is 1.91 bits per heavy atom. The van der Waals surface area contributed by atoms with Crippen LogP contribution in [0.25, 0.3) is 11.2 Å². The summed E-state index contributed by atoms with van der Waals surface area (Å²) in [5, 5.41) is 7.77. The van der Waals surface area contributed by atoms with E-state index >= 15 is 0 Å². The lowest BCUT2D eigenvalue weighted by atomic mass is 10.2. The third kappa shape index (κ3) is 2.13. The molecule has 114 valence electrons. The molecule has 0 spiro atoms. The standard InChI is InChI=1S/C14H15N5O2S/c1-10-2-4-11(5-3-10)22(20,21)19-7-6-12-14(19)17-8-13(16)18(12)9-15/h2-8,16H,9,15H2,1H3. The maximum absolute atomic E-state index is 12.7. The fourth-order valence-corrected chi connectivity index (χ4v) is 3.56. The number of rotatable bonds is 3. The van der Waals surface area contributed by atoms with Crippen molar-refractivity contribution >= 4 is 21.2 Å². The highest BCUT2D eigenvalue weighted by Crippen LogP contribution is 2.20. The van der Waals surface area contributed by atoms with Crippen LogP contribution in [0.1, 0.15) is 5.56 Å². The van der Waals surface area contributed by atoms with Gasteiger partial charge in [0.15, 0.2) is 5.65 Å². The van der Waals surface area contributed by atoms with Crippen LogP contribution in [0.4, 0.5) is 0 Å². The predicted octanol–water partition coefficient (Wildman–Crippen LogP) is 0.779. The number of aryl methyl sites for hydroxylation is 1. The summed E-state index contributed by atoms with van der Waals surface area (Å²) in [5.74, 6) is 0. The summed E-state index contributed by atoms with van der Waals surface area (Å²) in [6, 6.07) is 8.21. The third-order valence-corrected chi connectivity index (χ3v) is 5.14. The minimum absolute atomic E-state index is 0.0758. The molecular weight excluding hydrogens is 302 g/mol. The smallest absolute Gasteiger partial charge is 0.269 e. The molecule has 1 aromatic carbocycles. The number of aromatic nitrogens is 3. The van der Waals surface area contributed by atoms with Crippen molar-refractivity contribution in [3.8, 4) is 0 Å². The van der Waals surface area contributed by atoms with Gasteiger partial charge in [-0.05, 0) is 25.1 Å². The molecule has 0 aliphatic carbocycles. The van der Waals surface area contributed by atoms with Crippen molar-refractivity contribution in [2.45, 2.75) is 18.5 Å². The molecule has 0 unspecified atom stereocenters. The molecule has 0 fully saturated rings. The first-order valence-electron chi connectivity index (χ1n) is 6.59. The topological polar surface area (TPSA) is 107 Å². The monoisotopic (exact) mass is 317 g/mol. The molecule has 2 aromatic heterocycles. The molecule has 0 aliphatic rings. The van der Waals surface area contributed by atoms with Crippen LogP contribution in [0.5, 0.6) is 0 Å². The van der Waals surface area contributed by atoms with Gasteiger partial charge in [-0.3, -0.25) is 5.41 Å². The van der Waals surface area contributed by atoms with E-state index < -0.39 is 10.0 Å². The Morgan fingerprint density at radius 1 is 1.23 bits per heavy atom. The zero-order chi connectivity index (χ0) is 15.9. The Kier molecular flexibility index (Phi) is 3.34. The first kappa shape index (κ1) is 14.5. The van der Waals surface area contributed by atoms with Crippen LogP contribution in [0.2, 0.25) is 0 Å². The normalized spacial score (nSPS) is 11.9. The number of fused-ring (bicyclic) bond motifs is 1. The van der Waals surface area contributed by atoms with Gasteiger partial charge in [0.1, 0.15) is 5.49 Å². The number of nitrogens with two attached hydrogens (primary N) is 1. The summed E-state index contributed by atoms with van der Waals surface area (Å²) in [6.07, 6.45) is 2.72. The first-order valence-corrected chi connectivity index (χ1v) is 8.03. The van der Waals surface area contributed by atoms with Crippen molar-refractivity contribution in [1.82, 2.24) is 13.5 Å². The van der Waals surface area contributed by atoms with E-state index in [1.165, 1.54) is 17.0 Å². The predicted molar refractivity (Wildman–Crippen MR) is 81.5 cm³/mol. The minimum Gasteiger partial charge on any atom is -0.314 e. The number of hydrogen-bond acceptors (Lipinski definition) is 5. The Balaban J connectivity index is 2.26. The van der Waals surface area contributed by atoms with Gasteiger partial charge in [0.05, 0.1) is 23.3 Å². The van der Waals surface area contributed by atoms with E-state index in [1.807, 2.05) is 6.92 Å². The van der Waals surface area contributed by atoms with E-state index in [9.17, 15) is 8.42 Å². The van der Waals surface area contributed by atoms with Gasteiger partial charge in [0, 0.05) is 6.20 Å². The fourth-order valence-electron chi connectivity index (χ4n) is 2.27. The highest BCUT2D eigenvalue weighted by atomic mass is 32.2. The number of benzene rings is 1. The fraction of sp³-hybridized carbons (Fsp3) is 0.143. The quantitative estimate of drug-likeness (QED) is 0.744. The van der Waals surface area contributed by atoms with Gasteiger partial charge in [-0.2, -0.15) is 0 Å². The van der Waals surface area contributed by atoms with Crippen LogP contribution >= 0.6 is 0 Å². The van der Waals surface area contributed by atoms with Crippen molar-refractivity contribution in [3.63, 3.8) is 0 Å². The van der Waals surface area contributed by atoms with Crippen molar-refractivity contribution in [2.75, 3.05) is 0 Å². The molecular formula is C14H15N5O2S. The van der Waals surface area contributed by atoms with Crippen molar-refractivity contribution < 1.29 is 8.42 Å². The number of nitrogens with zero attached hydrogens (tertiary/aromatic N) is 3. The second kappa shape index (κ2) is 5.08. The van der Waals surface area contributed by atoms with Crippen LogP contribution in [0.15, 0.2) is 47.6 Å². The average molecular weight is 317 g/mol. The molecule has 7 nitrogen and oxygen atoms in total. The maximum Gasteiger partial charge on any atom is 0.269 e. The average Bonchev–Trinajstić information content (AvgIpc) is 2.92. The van der Waals surface area contributed by atoms with E-state index in [1.54, 1.807) is 30.3 Å². The minimum atomic E-state index is -3.74. The maximum atomic E-state index is 12.7. The van der Waals surface area contributed by atoms with Crippen molar-refractivity contribution in [3.05, 3.63) is 53.8 Å². The molecule has 0 radical (unpaired) electrons. The summed E-state index contributed by atoms with van der Waals surface area (Å²) in [4.78, 5) is 4.27. The third-order valence-electron chi connectivity index (χ3n) is 3.46. The van der Waals surface area contributed by atoms with Gasteiger partial charge in [0.25, 0.3) is 10.0 Å². The summed E-state index contributed by atoms with van der Waals surface area (Å²) in [6.45, 7) is 1.97. The molecule has 0 bridgehead atoms. The van der Waals surface area contributed by atoms with Gasteiger partial charge in [-0.25, -0.2) is 17.4 Å². The second-order valence-corrected chi connectivity index (χ2v) is 6.71. The Hall–Kier alpha value is -2.45. The highest BCUT2D eigenvalue weighted by Gasteiger charge is 2.20. The summed E-state index contributed by atoms with van der Waals surface area (Å²) < 4.78 is 28.1. The summed E-state index contributed by atoms with van der Waals surface area (Å²) in [7, 11) is -3.74. The molecule has 3 N–H and O–H groups in total. The molecule has 8 heteroatoms.